The van der Waals surface area contributed by atoms with Crippen molar-refractivity contribution in [2.75, 3.05) is 30.4 Å². The van der Waals surface area contributed by atoms with Crippen LogP contribution in [0.4, 0.5) is 10.1 Å². The van der Waals surface area contributed by atoms with E-state index in [1.807, 2.05) is 0 Å². The van der Waals surface area contributed by atoms with Crippen LogP contribution >= 0.6 is 11.3 Å². The van der Waals surface area contributed by atoms with E-state index < -0.39 is 10.0 Å². The monoisotopic (exact) mass is 236 g/mol. The molecule has 4 N–H and O–H groups in total. The average Bonchev–Trinajstić information content (AvgIpc) is 2.44. The topological polar surface area (TPSA) is 97.1 Å². The number of nitrogens with two attached hydrogens (primary N) is 1. The number of nitrogens with zero attached hydrogens (tertiary/aromatic N) is 1. The van der Waals surface area contributed by atoms with Gasteiger partial charge < -0.3 is 11.1 Å². The van der Waals surface area contributed by atoms with Crippen LogP contribution < -0.4 is 15.8 Å². The highest BCUT2D eigenvalue weighted by atomic mass is 32.2. The molecule has 0 saturated carbocycles. The van der Waals surface area contributed by atoms with E-state index in [-0.39, 0.29) is 0 Å². The van der Waals surface area contributed by atoms with Gasteiger partial charge in [-0.05, 0) is 0 Å². The number of anilines is 2. The van der Waals surface area contributed by atoms with Gasteiger partial charge in [0.2, 0.25) is 10.0 Å². The van der Waals surface area contributed by atoms with Crippen LogP contribution in [0.15, 0.2) is 6.20 Å². The highest BCUT2D eigenvalue weighted by Crippen LogP contribution is 2.18. The van der Waals surface area contributed by atoms with E-state index in [9.17, 15) is 8.42 Å². The minimum absolute atomic E-state index is 0.332. The van der Waals surface area contributed by atoms with Crippen LogP contribution in [0.5, 0.6) is 0 Å². The smallest absolute Gasteiger partial charge is 0.208 e. The lowest BCUT2D eigenvalue weighted by molar-refractivity contribution is 0.589. The molecule has 0 amide bonds. The van der Waals surface area contributed by atoms with Gasteiger partial charge in [0.05, 0.1) is 12.5 Å². The fourth-order valence-corrected chi connectivity index (χ4v) is 1.86. The molecule has 0 aromatic carbocycles. The summed E-state index contributed by atoms with van der Waals surface area (Å²) in [5, 5.41) is 4.26. The third-order valence-electron chi connectivity index (χ3n) is 1.29. The summed E-state index contributed by atoms with van der Waals surface area (Å²) >= 11 is 1.32. The Hall–Kier alpha value is -0.860. The van der Waals surface area contributed by atoms with Gasteiger partial charge in [0.1, 0.15) is 5.00 Å². The van der Waals surface area contributed by atoms with Gasteiger partial charge >= 0.3 is 0 Å². The SMILES string of the molecule is CS(=O)(=O)NCCNc1ncc(N)s1. The zero-order valence-electron chi connectivity index (χ0n) is 7.65. The maximum atomic E-state index is 10.7. The molecule has 0 saturated heterocycles. The first-order chi connectivity index (χ1) is 6.47. The summed E-state index contributed by atoms with van der Waals surface area (Å²) < 4.78 is 23.7. The lowest BCUT2D eigenvalue weighted by atomic mass is 10.7. The summed E-state index contributed by atoms with van der Waals surface area (Å²) in [5.74, 6) is 0. The van der Waals surface area contributed by atoms with Gasteiger partial charge in [-0.1, -0.05) is 11.3 Å². The summed E-state index contributed by atoms with van der Waals surface area (Å²) in [6.07, 6.45) is 2.67. The van der Waals surface area contributed by atoms with Crippen LogP contribution in [0.2, 0.25) is 0 Å². The number of hydrogen-bond acceptors (Lipinski definition) is 6. The fraction of sp³-hybridized carbons (Fsp3) is 0.500. The van der Waals surface area contributed by atoms with Crippen molar-refractivity contribution in [3.8, 4) is 0 Å². The Morgan fingerprint density at radius 2 is 2.29 bits per heavy atom. The quantitative estimate of drug-likeness (QED) is 0.609. The molecule has 0 aliphatic carbocycles. The van der Waals surface area contributed by atoms with E-state index in [0.717, 1.165) is 6.26 Å². The number of nitrogens with one attached hydrogen (secondary N) is 2. The van der Waals surface area contributed by atoms with Gasteiger partial charge in [-0.2, -0.15) is 0 Å². The summed E-state index contributed by atoms with van der Waals surface area (Å²) in [4.78, 5) is 3.95. The third kappa shape index (κ3) is 4.40. The van der Waals surface area contributed by atoms with Crippen molar-refractivity contribution >= 4 is 31.5 Å². The summed E-state index contributed by atoms with van der Waals surface area (Å²) in [6.45, 7) is 0.818. The number of hydrogen-bond donors (Lipinski definition) is 3. The summed E-state index contributed by atoms with van der Waals surface area (Å²) in [5.41, 5.74) is 5.46. The largest absolute Gasteiger partial charge is 0.389 e. The average molecular weight is 236 g/mol. The Morgan fingerprint density at radius 3 is 2.79 bits per heavy atom. The molecule has 80 valence electrons. The lowest BCUT2D eigenvalue weighted by Gasteiger charge is -2.02. The van der Waals surface area contributed by atoms with Crippen molar-refractivity contribution in [1.82, 2.24) is 9.71 Å². The highest BCUT2D eigenvalue weighted by Gasteiger charge is 2.00. The van der Waals surface area contributed by atoms with E-state index in [2.05, 4.69) is 15.0 Å². The molecule has 6 nitrogen and oxygen atoms in total. The number of aromatic nitrogens is 1. The molecule has 0 unspecified atom stereocenters. The van der Waals surface area contributed by atoms with Crippen molar-refractivity contribution in [3.63, 3.8) is 0 Å². The van der Waals surface area contributed by atoms with Crippen LogP contribution in [0.3, 0.4) is 0 Å². The van der Waals surface area contributed by atoms with Gasteiger partial charge in [-0.25, -0.2) is 18.1 Å². The molecule has 0 aliphatic heterocycles. The molecule has 8 heteroatoms. The molecule has 0 fully saturated rings. The molecule has 14 heavy (non-hydrogen) atoms. The molecule has 0 aliphatic rings. The normalized spacial score (nSPS) is 11.5. The Kier molecular flexibility index (Phi) is 3.67. The molecule has 1 aromatic heterocycles. The van der Waals surface area contributed by atoms with E-state index in [1.54, 1.807) is 6.20 Å². The zero-order valence-corrected chi connectivity index (χ0v) is 9.28. The number of thiazole rings is 1. The third-order valence-corrected chi connectivity index (χ3v) is 2.80. The second kappa shape index (κ2) is 4.58. The van der Waals surface area contributed by atoms with Gasteiger partial charge in [0, 0.05) is 13.1 Å². The van der Waals surface area contributed by atoms with Crippen molar-refractivity contribution in [2.45, 2.75) is 0 Å². The predicted molar refractivity (Wildman–Crippen MR) is 57.9 cm³/mol. The molecule has 0 spiro atoms. The van der Waals surface area contributed by atoms with Gasteiger partial charge in [-0.15, -0.1) is 0 Å². The number of rotatable bonds is 5. The molecule has 0 atom stereocenters. The van der Waals surface area contributed by atoms with Crippen molar-refractivity contribution in [3.05, 3.63) is 6.20 Å². The maximum absolute atomic E-state index is 10.7. The first-order valence-corrected chi connectivity index (χ1v) is 6.58. The van der Waals surface area contributed by atoms with E-state index >= 15 is 0 Å². The Bertz CT molecular complexity index is 386. The van der Waals surface area contributed by atoms with E-state index in [1.165, 1.54) is 11.3 Å². The van der Waals surface area contributed by atoms with Crippen molar-refractivity contribution < 1.29 is 8.42 Å². The Morgan fingerprint density at radius 1 is 1.57 bits per heavy atom. The maximum Gasteiger partial charge on any atom is 0.208 e. The van der Waals surface area contributed by atoms with Crippen LogP contribution in [-0.2, 0) is 10.0 Å². The molecule has 1 rings (SSSR count). The van der Waals surface area contributed by atoms with Gasteiger partial charge in [0.25, 0.3) is 0 Å². The van der Waals surface area contributed by atoms with Gasteiger partial charge in [-0.3, -0.25) is 0 Å². The minimum atomic E-state index is -3.11. The Balaban J connectivity index is 2.23. The summed E-state index contributed by atoms with van der Waals surface area (Å²) in [6, 6.07) is 0. The van der Waals surface area contributed by atoms with E-state index in [0.29, 0.717) is 23.2 Å². The fourth-order valence-electron chi connectivity index (χ4n) is 0.774. The van der Waals surface area contributed by atoms with E-state index in [4.69, 9.17) is 5.73 Å². The Labute approximate surface area is 86.6 Å². The second-order valence-electron chi connectivity index (χ2n) is 2.66. The highest BCUT2D eigenvalue weighted by molar-refractivity contribution is 7.88. The summed E-state index contributed by atoms with van der Waals surface area (Å²) in [7, 11) is -3.11. The molecule has 1 heterocycles. The van der Waals surface area contributed by atoms with Gasteiger partial charge in [0.15, 0.2) is 5.13 Å². The number of nitrogen functional groups attached to an aromatic ring is 1. The molecular formula is C6H12N4O2S2. The van der Waals surface area contributed by atoms with Crippen LogP contribution in [-0.4, -0.2) is 32.7 Å². The molecular weight excluding hydrogens is 224 g/mol. The van der Waals surface area contributed by atoms with Crippen molar-refractivity contribution in [1.29, 1.82) is 0 Å². The molecule has 0 radical (unpaired) electrons. The minimum Gasteiger partial charge on any atom is -0.389 e. The van der Waals surface area contributed by atoms with Crippen LogP contribution in [0.25, 0.3) is 0 Å². The first kappa shape index (κ1) is 11.2. The lowest BCUT2D eigenvalue weighted by Crippen LogP contribution is -2.27. The van der Waals surface area contributed by atoms with Crippen molar-refractivity contribution in [2.24, 2.45) is 0 Å². The molecule has 1 aromatic rings. The second-order valence-corrected chi connectivity index (χ2v) is 5.56. The number of sulfonamides is 1. The zero-order chi connectivity index (χ0) is 10.6. The van der Waals surface area contributed by atoms with Crippen LogP contribution in [0.1, 0.15) is 0 Å². The predicted octanol–water partition coefficient (Wildman–Crippen LogP) is -0.314. The standard InChI is InChI=1S/C6H12N4O2S2/c1-14(11,12)10-3-2-8-6-9-4-5(7)13-6/h4,10H,2-3,7H2,1H3,(H,8,9). The van der Waals surface area contributed by atoms with Crippen LogP contribution in [0, 0.1) is 0 Å². The molecule has 0 bridgehead atoms. The first-order valence-electron chi connectivity index (χ1n) is 3.87.